The van der Waals surface area contributed by atoms with Gasteiger partial charge in [0.05, 0.1) is 18.3 Å². The highest BCUT2D eigenvalue weighted by atomic mass is 16.5. The van der Waals surface area contributed by atoms with Crippen LogP contribution in [0.4, 0.5) is 0 Å². The van der Waals surface area contributed by atoms with Crippen molar-refractivity contribution in [2.45, 2.75) is 26.0 Å². The molecule has 0 radical (unpaired) electrons. The van der Waals surface area contributed by atoms with Crippen LogP contribution in [-0.2, 0) is 6.54 Å². The van der Waals surface area contributed by atoms with Gasteiger partial charge in [-0.25, -0.2) is 0 Å². The number of methoxy groups -OCH3 is 1. The van der Waals surface area contributed by atoms with E-state index in [1.807, 2.05) is 24.1 Å². The van der Waals surface area contributed by atoms with Crippen LogP contribution in [-0.4, -0.2) is 47.4 Å². The van der Waals surface area contributed by atoms with Crippen LogP contribution in [0.1, 0.15) is 25.0 Å². The fourth-order valence-corrected chi connectivity index (χ4v) is 2.13. The molecule has 0 aliphatic carbocycles. The van der Waals surface area contributed by atoms with Crippen molar-refractivity contribution < 1.29 is 15.1 Å². The minimum atomic E-state index is -0.743. The van der Waals surface area contributed by atoms with Crippen molar-refractivity contribution in [1.29, 1.82) is 0 Å². The monoisotopic (exact) mass is 281 g/mol. The van der Waals surface area contributed by atoms with Gasteiger partial charge in [0.15, 0.2) is 5.84 Å². The first-order valence-corrected chi connectivity index (χ1v) is 6.32. The Hall–Kier alpha value is -1.79. The van der Waals surface area contributed by atoms with E-state index in [0.717, 1.165) is 5.56 Å². The molecule has 1 aromatic carbocycles. The lowest BCUT2D eigenvalue weighted by Crippen LogP contribution is -2.35. The molecule has 0 fully saturated rings. The summed E-state index contributed by atoms with van der Waals surface area (Å²) in [6, 6.07) is 5.48. The average molecular weight is 281 g/mol. The van der Waals surface area contributed by atoms with E-state index in [-0.39, 0.29) is 5.84 Å². The molecule has 0 aliphatic rings. The van der Waals surface area contributed by atoms with Gasteiger partial charge < -0.3 is 20.8 Å². The smallest absolute Gasteiger partial charge is 0.173 e. The highest BCUT2D eigenvalue weighted by molar-refractivity contribution is 5.99. The zero-order chi connectivity index (χ0) is 15.3. The lowest BCUT2D eigenvalue weighted by molar-refractivity contribution is 0.0425. The van der Waals surface area contributed by atoms with Crippen LogP contribution in [0.2, 0.25) is 0 Å². The predicted molar refractivity (Wildman–Crippen MR) is 78.1 cm³/mol. The first-order chi connectivity index (χ1) is 9.26. The van der Waals surface area contributed by atoms with Crippen molar-refractivity contribution in [3.63, 3.8) is 0 Å². The highest BCUT2D eigenvalue weighted by Crippen LogP contribution is 2.21. The lowest BCUT2D eigenvalue weighted by atomic mass is 10.1. The van der Waals surface area contributed by atoms with Gasteiger partial charge in [-0.3, -0.25) is 4.90 Å². The fourth-order valence-electron chi connectivity index (χ4n) is 2.13. The van der Waals surface area contributed by atoms with Gasteiger partial charge in [0.2, 0.25) is 0 Å². The van der Waals surface area contributed by atoms with E-state index in [2.05, 4.69) is 5.16 Å². The number of oxime groups is 1. The molecule has 20 heavy (non-hydrogen) atoms. The van der Waals surface area contributed by atoms with Crippen molar-refractivity contribution in [1.82, 2.24) is 4.90 Å². The van der Waals surface area contributed by atoms with E-state index < -0.39 is 5.60 Å². The molecule has 1 rings (SSSR count). The molecular weight excluding hydrogens is 258 g/mol. The third-order valence-electron chi connectivity index (χ3n) is 2.76. The summed E-state index contributed by atoms with van der Waals surface area (Å²) in [7, 11) is 3.47. The Labute approximate surface area is 119 Å². The Bertz CT molecular complexity index is 481. The number of aliphatic hydroxyl groups is 1. The largest absolute Gasteiger partial charge is 0.496 e. The van der Waals surface area contributed by atoms with Crippen molar-refractivity contribution in [2.75, 3.05) is 20.7 Å². The summed E-state index contributed by atoms with van der Waals surface area (Å²) < 4.78 is 5.25. The second kappa shape index (κ2) is 6.58. The summed E-state index contributed by atoms with van der Waals surface area (Å²) in [6.07, 6.45) is 0. The standard InChI is InChI=1S/C14H23N3O3/c1-14(2,18)9-17(3)8-10-5-6-11(13(15)16-19)12(7-10)20-4/h5-7,18-19H,8-9H2,1-4H3,(H2,15,16). The van der Waals surface area contributed by atoms with Gasteiger partial charge in [0.1, 0.15) is 5.75 Å². The summed E-state index contributed by atoms with van der Waals surface area (Å²) in [5, 5.41) is 21.5. The van der Waals surface area contributed by atoms with Crippen LogP contribution in [0.15, 0.2) is 23.4 Å². The van der Waals surface area contributed by atoms with E-state index in [1.165, 1.54) is 7.11 Å². The van der Waals surface area contributed by atoms with Gasteiger partial charge in [-0.05, 0) is 38.6 Å². The SMILES string of the molecule is COc1cc(CN(C)CC(C)(C)O)ccc1/C(N)=N/O. The third-order valence-corrected chi connectivity index (χ3v) is 2.76. The fraction of sp³-hybridized carbons (Fsp3) is 0.500. The Morgan fingerprint density at radius 2 is 2.10 bits per heavy atom. The second-order valence-electron chi connectivity index (χ2n) is 5.50. The van der Waals surface area contributed by atoms with Gasteiger partial charge in [-0.1, -0.05) is 11.2 Å². The molecule has 0 atom stereocenters. The van der Waals surface area contributed by atoms with Crippen LogP contribution in [0, 0.1) is 0 Å². The third kappa shape index (κ3) is 4.71. The molecule has 0 heterocycles. The summed E-state index contributed by atoms with van der Waals surface area (Å²) in [4.78, 5) is 2.01. The van der Waals surface area contributed by atoms with Crippen LogP contribution in [0.25, 0.3) is 0 Å². The maximum absolute atomic E-state index is 9.79. The molecule has 4 N–H and O–H groups in total. The van der Waals surface area contributed by atoms with E-state index in [9.17, 15) is 5.11 Å². The van der Waals surface area contributed by atoms with E-state index in [0.29, 0.717) is 24.4 Å². The van der Waals surface area contributed by atoms with Crippen molar-refractivity contribution >= 4 is 5.84 Å². The highest BCUT2D eigenvalue weighted by Gasteiger charge is 2.16. The first-order valence-electron chi connectivity index (χ1n) is 6.32. The van der Waals surface area contributed by atoms with Crippen molar-refractivity contribution in [3.05, 3.63) is 29.3 Å². The van der Waals surface area contributed by atoms with Gasteiger partial charge in [-0.2, -0.15) is 0 Å². The van der Waals surface area contributed by atoms with Gasteiger partial charge >= 0.3 is 0 Å². The van der Waals surface area contributed by atoms with E-state index in [4.69, 9.17) is 15.7 Å². The number of ether oxygens (including phenoxy) is 1. The topological polar surface area (TPSA) is 91.3 Å². The minimum absolute atomic E-state index is 0.0123. The summed E-state index contributed by atoms with van der Waals surface area (Å²) in [5.41, 5.74) is 6.40. The molecule has 6 nitrogen and oxygen atoms in total. The number of amidine groups is 1. The van der Waals surface area contributed by atoms with Crippen LogP contribution in [0.5, 0.6) is 5.75 Å². The zero-order valence-electron chi connectivity index (χ0n) is 12.4. The van der Waals surface area contributed by atoms with E-state index in [1.54, 1.807) is 19.9 Å². The summed E-state index contributed by atoms with van der Waals surface area (Å²) in [5.74, 6) is 0.563. The Morgan fingerprint density at radius 3 is 2.60 bits per heavy atom. The Balaban J connectivity index is 2.88. The van der Waals surface area contributed by atoms with Crippen molar-refractivity contribution in [2.24, 2.45) is 10.9 Å². The zero-order valence-corrected chi connectivity index (χ0v) is 12.4. The van der Waals surface area contributed by atoms with Crippen molar-refractivity contribution in [3.8, 4) is 5.75 Å². The van der Waals surface area contributed by atoms with Crippen LogP contribution in [0.3, 0.4) is 0 Å². The maximum Gasteiger partial charge on any atom is 0.173 e. The molecule has 112 valence electrons. The molecule has 0 aliphatic heterocycles. The molecule has 6 heteroatoms. The quantitative estimate of drug-likeness (QED) is 0.313. The van der Waals surface area contributed by atoms with E-state index >= 15 is 0 Å². The summed E-state index contributed by atoms with van der Waals surface area (Å²) >= 11 is 0. The molecule has 0 spiro atoms. The number of benzene rings is 1. The molecule has 0 amide bonds. The molecule has 1 aromatic rings. The number of hydrogen-bond acceptors (Lipinski definition) is 5. The summed E-state index contributed by atoms with van der Waals surface area (Å²) in [6.45, 7) is 4.76. The Morgan fingerprint density at radius 1 is 1.45 bits per heavy atom. The predicted octanol–water partition coefficient (Wildman–Crippen LogP) is 0.992. The molecule has 0 saturated heterocycles. The minimum Gasteiger partial charge on any atom is -0.496 e. The number of hydrogen-bond donors (Lipinski definition) is 3. The lowest BCUT2D eigenvalue weighted by Gasteiger charge is -2.25. The Kier molecular flexibility index (Phi) is 5.35. The first kappa shape index (κ1) is 16.3. The molecule has 0 unspecified atom stereocenters. The molecular formula is C14H23N3O3. The second-order valence-corrected chi connectivity index (χ2v) is 5.50. The molecule has 0 bridgehead atoms. The molecule has 0 saturated carbocycles. The van der Waals surface area contributed by atoms with Gasteiger partial charge in [-0.15, -0.1) is 0 Å². The maximum atomic E-state index is 9.79. The van der Waals surface area contributed by atoms with Crippen LogP contribution >= 0.6 is 0 Å². The number of likely N-dealkylation sites (N-methyl/N-ethyl adjacent to an activating group) is 1. The van der Waals surface area contributed by atoms with Gasteiger partial charge in [0.25, 0.3) is 0 Å². The average Bonchev–Trinajstić information content (AvgIpc) is 2.35. The molecule has 0 aromatic heterocycles. The number of nitrogens with two attached hydrogens (primary N) is 1. The number of rotatable bonds is 6. The van der Waals surface area contributed by atoms with Crippen LogP contribution < -0.4 is 10.5 Å². The normalized spacial score (nSPS) is 12.8. The van der Waals surface area contributed by atoms with Gasteiger partial charge in [0, 0.05) is 13.1 Å². The number of nitrogens with zero attached hydrogens (tertiary/aromatic N) is 2.